The van der Waals surface area contributed by atoms with Gasteiger partial charge in [0.1, 0.15) is 12.7 Å². The second-order valence-electron chi connectivity index (χ2n) is 5.81. The number of amides is 1. The molecule has 3 aliphatic rings. The molecule has 5 atom stereocenters. The van der Waals surface area contributed by atoms with E-state index >= 15 is 0 Å². The van der Waals surface area contributed by atoms with E-state index < -0.39 is 36.5 Å². The van der Waals surface area contributed by atoms with Gasteiger partial charge >= 0.3 is 11.9 Å². The minimum atomic E-state index is -0.740. The molecule has 3 heterocycles. The van der Waals surface area contributed by atoms with Crippen LogP contribution in [0.15, 0.2) is 4.99 Å². The van der Waals surface area contributed by atoms with Crippen LogP contribution in [0.4, 0.5) is 0 Å². The molecule has 126 valence electrons. The highest BCUT2D eigenvalue weighted by Gasteiger charge is 2.58. The van der Waals surface area contributed by atoms with Crippen molar-refractivity contribution in [2.75, 3.05) is 13.2 Å². The first-order chi connectivity index (χ1) is 10.9. The molecule has 23 heavy (non-hydrogen) atoms. The first-order valence-electron chi connectivity index (χ1n) is 7.38. The van der Waals surface area contributed by atoms with Crippen LogP contribution in [0.1, 0.15) is 20.8 Å². The summed E-state index contributed by atoms with van der Waals surface area (Å²) < 4.78 is 21.8. The van der Waals surface area contributed by atoms with Crippen molar-refractivity contribution in [3.8, 4) is 0 Å². The number of amidine groups is 1. The van der Waals surface area contributed by atoms with E-state index in [1.54, 1.807) is 11.8 Å². The van der Waals surface area contributed by atoms with Gasteiger partial charge in [0.15, 0.2) is 18.4 Å². The van der Waals surface area contributed by atoms with Gasteiger partial charge in [-0.2, -0.15) is 4.99 Å². The summed E-state index contributed by atoms with van der Waals surface area (Å²) in [7, 11) is 0. The molecule has 3 rings (SSSR count). The Bertz CT molecular complexity index is 575. The number of carbonyl (C=O) groups is 3. The van der Waals surface area contributed by atoms with E-state index in [9.17, 15) is 14.4 Å². The Labute approximate surface area is 132 Å². The molecule has 2 fully saturated rings. The lowest BCUT2D eigenvalue weighted by molar-refractivity contribution is -0.158. The Hall–Kier alpha value is -2.16. The van der Waals surface area contributed by atoms with Crippen LogP contribution < -0.4 is 0 Å². The summed E-state index contributed by atoms with van der Waals surface area (Å²) in [6, 6.07) is 0.186. The number of esters is 2. The predicted octanol–water partition coefficient (Wildman–Crippen LogP) is -0.561. The van der Waals surface area contributed by atoms with Crippen molar-refractivity contribution in [3.05, 3.63) is 0 Å². The zero-order valence-corrected chi connectivity index (χ0v) is 13.1. The maximum Gasteiger partial charge on any atom is 0.303 e. The van der Waals surface area contributed by atoms with Crippen molar-refractivity contribution >= 4 is 23.9 Å². The van der Waals surface area contributed by atoms with E-state index in [1.165, 1.54) is 13.8 Å². The van der Waals surface area contributed by atoms with Crippen LogP contribution >= 0.6 is 0 Å². The molecule has 0 bridgehead atoms. The molecule has 0 aromatic rings. The number of rotatable bonds is 3. The fourth-order valence-corrected chi connectivity index (χ4v) is 2.90. The van der Waals surface area contributed by atoms with Crippen LogP contribution in [-0.4, -0.2) is 66.5 Å². The van der Waals surface area contributed by atoms with Gasteiger partial charge < -0.3 is 18.9 Å². The Morgan fingerprint density at radius 1 is 1.35 bits per heavy atom. The molecule has 0 N–H and O–H groups in total. The second-order valence-corrected chi connectivity index (χ2v) is 5.81. The summed E-state index contributed by atoms with van der Waals surface area (Å²) in [6.07, 6.45) is -2.52. The lowest BCUT2D eigenvalue weighted by Crippen LogP contribution is -2.44. The molecule has 1 amide bonds. The molecule has 2 saturated heterocycles. The maximum atomic E-state index is 11.7. The summed E-state index contributed by atoms with van der Waals surface area (Å²) in [5, 5.41) is 0. The van der Waals surface area contributed by atoms with Gasteiger partial charge in [-0.25, -0.2) is 0 Å². The van der Waals surface area contributed by atoms with Crippen LogP contribution in [0.3, 0.4) is 0 Å². The third-order valence-corrected chi connectivity index (χ3v) is 3.93. The highest BCUT2D eigenvalue weighted by molar-refractivity contribution is 5.95. The van der Waals surface area contributed by atoms with E-state index in [-0.39, 0.29) is 24.5 Å². The Kier molecular flexibility index (Phi) is 3.97. The first-order valence-corrected chi connectivity index (χ1v) is 7.38. The minimum absolute atomic E-state index is 0.0432. The van der Waals surface area contributed by atoms with Crippen molar-refractivity contribution in [2.24, 2.45) is 10.9 Å². The summed E-state index contributed by atoms with van der Waals surface area (Å²) in [4.78, 5) is 39.7. The van der Waals surface area contributed by atoms with E-state index in [2.05, 4.69) is 4.99 Å². The normalized spacial score (nSPS) is 35.1. The zero-order chi connectivity index (χ0) is 16.7. The van der Waals surface area contributed by atoms with Crippen LogP contribution in [0, 0.1) is 5.92 Å². The molecule has 3 aliphatic heterocycles. The van der Waals surface area contributed by atoms with Crippen LogP contribution in [-0.2, 0) is 33.3 Å². The molecule has 9 nitrogen and oxygen atoms in total. The lowest BCUT2D eigenvalue weighted by atomic mass is 10.1. The minimum Gasteiger partial charge on any atom is -0.463 e. The fourth-order valence-electron chi connectivity index (χ4n) is 2.90. The van der Waals surface area contributed by atoms with Gasteiger partial charge in [-0.1, -0.05) is 6.92 Å². The number of aliphatic imine (C=N–C) groups is 1. The molecular formula is C14H18N2O7. The molecule has 0 radical (unpaired) electrons. The SMILES string of the molecule is CC(=O)OC[C@H]1O[C@@H]2[C@@H](OC3=NC(=O)[C@@H](C)CN32)[C@@H]1OC(C)=O. The molecule has 0 aromatic heterocycles. The molecule has 0 saturated carbocycles. The average molecular weight is 326 g/mol. The van der Waals surface area contributed by atoms with Crippen LogP contribution in [0.2, 0.25) is 0 Å². The van der Waals surface area contributed by atoms with Crippen molar-refractivity contribution in [2.45, 2.75) is 45.3 Å². The Balaban J connectivity index is 1.79. The quantitative estimate of drug-likeness (QED) is 0.636. The third kappa shape index (κ3) is 2.88. The number of hydrogen-bond acceptors (Lipinski definition) is 8. The van der Waals surface area contributed by atoms with Gasteiger partial charge in [0.05, 0.1) is 5.92 Å². The van der Waals surface area contributed by atoms with Crippen molar-refractivity contribution < 1.29 is 33.3 Å². The Morgan fingerprint density at radius 3 is 2.74 bits per heavy atom. The van der Waals surface area contributed by atoms with Crippen molar-refractivity contribution in [1.82, 2.24) is 4.90 Å². The van der Waals surface area contributed by atoms with Gasteiger partial charge in [-0.15, -0.1) is 0 Å². The third-order valence-electron chi connectivity index (χ3n) is 3.93. The number of ether oxygens (including phenoxy) is 4. The molecule has 0 spiro atoms. The van der Waals surface area contributed by atoms with E-state index in [4.69, 9.17) is 18.9 Å². The molecule has 0 aromatic carbocycles. The summed E-state index contributed by atoms with van der Waals surface area (Å²) in [5.74, 6) is -1.47. The van der Waals surface area contributed by atoms with Gasteiger partial charge in [-0.05, 0) is 0 Å². The standard InChI is InChI=1S/C14H18N2O7/c1-6-4-16-13-11(23-14(16)15-12(6)19)10(21-8(3)18)9(22-13)5-20-7(2)17/h6,9-11,13H,4-5H2,1-3H3/t6-,9+,10+,11-,13+/m0/s1. The number of fused-ring (bicyclic) bond motifs is 3. The first kappa shape index (κ1) is 15.7. The molecule has 0 unspecified atom stereocenters. The highest BCUT2D eigenvalue weighted by atomic mass is 16.7. The van der Waals surface area contributed by atoms with E-state index in [0.717, 1.165) is 0 Å². The summed E-state index contributed by atoms with van der Waals surface area (Å²) in [5.41, 5.74) is 0. The fraction of sp³-hybridized carbons (Fsp3) is 0.714. The number of carbonyl (C=O) groups excluding carboxylic acids is 3. The topological polar surface area (TPSA) is 104 Å². The van der Waals surface area contributed by atoms with Crippen LogP contribution in [0.5, 0.6) is 0 Å². The monoisotopic (exact) mass is 326 g/mol. The van der Waals surface area contributed by atoms with Crippen LogP contribution in [0.25, 0.3) is 0 Å². The predicted molar refractivity (Wildman–Crippen MR) is 74.0 cm³/mol. The van der Waals surface area contributed by atoms with E-state index in [0.29, 0.717) is 6.54 Å². The number of hydrogen-bond donors (Lipinski definition) is 0. The van der Waals surface area contributed by atoms with Crippen molar-refractivity contribution in [1.29, 1.82) is 0 Å². The summed E-state index contributed by atoms with van der Waals surface area (Å²) in [6.45, 7) is 4.70. The van der Waals surface area contributed by atoms with Gasteiger partial charge in [0, 0.05) is 20.4 Å². The lowest BCUT2D eigenvalue weighted by Gasteiger charge is -2.28. The maximum absolute atomic E-state index is 11.7. The van der Waals surface area contributed by atoms with E-state index in [1.807, 2.05) is 0 Å². The zero-order valence-electron chi connectivity index (χ0n) is 13.1. The molecule has 9 heteroatoms. The van der Waals surface area contributed by atoms with Gasteiger partial charge in [-0.3, -0.25) is 19.3 Å². The average Bonchev–Trinajstić information content (AvgIpc) is 2.94. The highest BCUT2D eigenvalue weighted by Crippen LogP contribution is 2.36. The summed E-state index contributed by atoms with van der Waals surface area (Å²) >= 11 is 0. The van der Waals surface area contributed by atoms with Crippen molar-refractivity contribution in [3.63, 3.8) is 0 Å². The van der Waals surface area contributed by atoms with Gasteiger partial charge in [0.25, 0.3) is 11.9 Å². The Morgan fingerprint density at radius 2 is 2.09 bits per heavy atom. The number of nitrogens with zero attached hydrogens (tertiary/aromatic N) is 2. The second kappa shape index (κ2) is 5.80. The largest absolute Gasteiger partial charge is 0.463 e. The smallest absolute Gasteiger partial charge is 0.303 e. The molecular weight excluding hydrogens is 308 g/mol. The molecule has 0 aliphatic carbocycles. The van der Waals surface area contributed by atoms with Gasteiger partial charge in [0.2, 0.25) is 0 Å².